The highest BCUT2D eigenvalue weighted by atomic mass is 32.2. The Morgan fingerprint density at radius 1 is 1.27 bits per heavy atom. The molecule has 7 nitrogen and oxygen atoms in total. The minimum atomic E-state index is -3.69. The maximum atomic E-state index is 12.9. The number of imidazole rings is 1. The van der Waals surface area contributed by atoms with Gasteiger partial charge in [-0.25, -0.2) is 13.4 Å². The summed E-state index contributed by atoms with van der Waals surface area (Å²) in [4.78, 5) is 16.6. The van der Waals surface area contributed by atoms with Gasteiger partial charge in [-0.1, -0.05) is 18.2 Å². The number of carbonyl (C=O) groups is 1. The highest BCUT2D eigenvalue weighted by molar-refractivity contribution is 7.89. The van der Waals surface area contributed by atoms with Crippen molar-refractivity contribution in [1.29, 1.82) is 0 Å². The van der Waals surface area contributed by atoms with Crippen LogP contribution in [0.4, 0.5) is 5.69 Å². The number of sulfonamides is 1. The molecule has 0 radical (unpaired) electrons. The molecule has 0 spiro atoms. The zero-order valence-electron chi connectivity index (χ0n) is 15.0. The van der Waals surface area contributed by atoms with Crippen LogP contribution in [-0.2, 0) is 14.8 Å². The van der Waals surface area contributed by atoms with E-state index in [1.54, 1.807) is 10.8 Å². The van der Waals surface area contributed by atoms with E-state index in [0.29, 0.717) is 25.1 Å². The second-order valence-corrected chi connectivity index (χ2v) is 8.70. The number of piperidine rings is 1. The lowest BCUT2D eigenvalue weighted by Gasteiger charge is -2.30. The molecule has 1 aromatic heterocycles. The van der Waals surface area contributed by atoms with Crippen molar-refractivity contribution in [1.82, 2.24) is 13.9 Å². The molecule has 2 aromatic rings. The fourth-order valence-electron chi connectivity index (χ4n) is 3.01. The van der Waals surface area contributed by atoms with Gasteiger partial charge in [-0.05, 0) is 38.8 Å². The molecule has 1 saturated heterocycles. The number of benzene rings is 1. The van der Waals surface area contributed by atoms with Crippen molar-refractivity contribution in [3.63, 3.8) is 0 Å². The number of rotatable bonds is 5. The summed E-state index contributed by atoms with van der Waals surface area (Å²) in [7, 11) is -3.69. The molecular formula is C18H24N4O3S. The van der Waals surface area contributed by atoms with E-state index in [0.717, 1.165) is 0 Å². The van der Waals surface area contributed by atoms with Crippen LogP contribution in [0.25, 0.3) is 0 Å². The number of nitrogens with zero attached hydrogens (tertiary/aromatic N) is 3. The van der Waals surface area contributed by atoms with Gasteiger partial charge in [-0.15, -0.1) is 0 Å². The van der Waals surface area contributed by atoms with Gasteiger partial charge in [0, 0.05) is 31.0 Å². The largest absolute Gasteiger partial charge is 0.334 e. The van der Waals surface area contributed by atoms with Gasteiger partial charge in [0.15, 0.2) is 5.03 Å². The minimum Gasteiger partial charge on any atom is -0.334 e. The zero-order chi connectivity index (χ0) is 18.7. The molecule has 1 atom stereocenters. The van der Waals surface area contributed by atoms with Gasteiger partial charge in [0.25, 0.3) is 10.0 Å². The fraction of sp³-hybridized carbons (Fsp3) is 0.444. The van der Waals surface area contributed by atoms with Crippen molar-refractivity contribution in [2.24, 2.45) is 5.92 Å². The van der Waals surface area contributed by atoms with E-state index in [-0.39, 0.29) is 29.4 Å². The third-order valence-corrected chi connectivity index (χ3v) is 6.33. The molecule has 0 aliphatic carbocycles. The monoisotopic (exact) mass is 376 g/mol. The molecule has 1 aliphatic heterocycles. The predicted octanol–water partition coefficient (Wildman–Crippen LogP) is 2.50. The molecule has 1 N–H and O–H groups in total. The molecule has 0 saturated carbocycles. The number of para-hydroxylation sites is 1. The SMILES string of the molecule is CC(C)n1cnc(S(=O)(=O)N2CCCC(C(=O)Nc3ccccc3)C2)c1. The highest BCUT2D eigenvalue weighted by Crippen LogP contribution is 2.24. The lowest BCUT2D eigenvalue weighted by atomic mass is 9.99. The number of amides is 1. The molecule has 1 fully saturated rings. The minimum absolute atomic E-state index is 0.0373. The van der Waals surface area contributed by atoms with Gasteiger partial charge >= 0.3 is 0 Å². The summed E-state index contributed by atoms with van der Waals surface area (Å²) in [6, 6.07) is 9.33. The Hall–Kier alpha value is -2.19. The molecule has 26 heavy (non-hydrogen) atoms. The lowest BCUT2D eigenvalue weighted by Crippen LogP contribution is -2.43. The Morgan fingerprint density at radius 3 is 2.65 bits per heavy atom. The normalized spacial score (nSPS) is 18.8. The van der Waals surface area contributed by atoms with Crippen LogP contribution in [0.5, 0.6) is 0 Å². The summed E-state index contributed by atoms with van der Waals surface area (Å²) in [6.07, 6.45) is 4.40. The molecule has 8 heteroatoms. The van der Waals surface area contributed by atoms with Crippen LogP contribution in [0.3, 0.4) is 0 Å². The first-order valence-corrected chi connectivity index (χ1v) is 10.2. The molecule has 0 bridgehead atoms. The van der Waals surface area contributed by atoms with E-state index in [1.165, 1.54) is 10.6 Å². The molecule has 1 aliphatic rings. The van der Waals surface area contributed by atoms with E-state index < -0.39 is 10.0 Å². The molecule has 1 unspecified atom stereocenters. The fourth-order valence-corrected chi connectivity index (χ4v) is 4.45. The van der Waals surface area contributed by atoms with Crippen LogP contribution >= 0.6 is 0 Å². The van der Waals surface area contributed by atoms with Crippen LogP contribution in [-0.4, -0.2) is 41.3 Å². The van der Waals surface area contributed by atoms with E-state index >= 15 is 0 Å². The molecule has 140 valence electrons. The van der Waals surface area contributed by atoms with Gasteiger partial charge in [-0.2, -0.15) is 4.31 Å². The van der Waals surface area contributed by atoms with E-state index in [1.807, 2.05) is 44.2 Å². The quantitative estimate of drug-likeness (QED) is 0.869. The van der Waals surface area contributed by atoms with Crippen molar-refractivity contribution >= 4 is 21.6 Å². The molecule has 3 rings (SSSR count). The van der Waals surface area contributed by atoms with Gasteiger partial charge in [-0.3, -0.25) is 4.79 Å². The van der Waals surface area contributed by atoms with Crippen LogP contribution in [0.15, 0.2) is 47.9 Å². The van der Waals surface area contributed by atoms with Crippen molar-refractivity contribution in [2.45, 2.75) is 37.8 Å². The maximum Gasteiger partial charge on any atom is 0.262 e. The van der Waals surface area contributed by atoms with Gasteiger partial charge in [0.2, 0.25) is 5.91 Å². The number of nitrogens with one attached hydrogen (secondary N) is 1. The summed E-state index contributed by atoms with van der Waals surface area (Å²) >= 11 is 0. The van der Waals surface area contributed by atoms with Crippen LogP contribution in [0.1, 0.15) is 32.7 Å². The predicted molar refractivity (Wildman–Crippen MR) is 99.2 cm³/mol. The number of hydrogen-bond donors (Lipinski definition) is 1. The first-order valence-electron chi connectivity index (χ1n) is 8.77. The van der Waals surface area contributed by atoms with Crippen LogP contribution in [0, 0.1) is 5.92 Å². The molecular weight excluding hydrogens is 352 g/mol. The summed E-state index contributed by atoms with van der Waals surface area (Å²) in [5.41, 5.74) is 0.716. The van der Waals surface area contributed by atoms with Crippen molar-refractivity contribution in [3.05, 3.63) is 42.9 Å². The third kappa shape index (κ3) is 3.96. The van der Waals surface area contributed by atoms with Gasteiger partial charge < -0.3 is 9.88 Å². The van der Waals surface area contributed by atoms with Crippen LogP contribution in [0.2, 0.25) is 0 Å². The van der Waals surface area contributed by atoms with Crippen molar-refractivity contribution in [3.8, 4) is 0 Å². The topological polar surface area (TPSA) is 84.3 Å². The van der Waals surface area contributed by atoms with Gasteiger partial charge in [0.05, 0.1) is 12.2 Å². The van der Waals surface area contributed by atoms with Crippen LogP contribution < -0.4 is 5.32 Å². The average Bonchev–Trinajstić information content (AvgIpc) is 3.14. The third-order valence-electron chi connectivity index (χ3n) is 4.57. The number of carbonyl (C=O) groups excluding carboxylic acids is 1. The Morgan fingerprint density at radius 2 is 2.00 bits per heavy atom. The second-order valence-electron chi connectivity index (χ2n) is 6.81. The van der Waals surface area contributed by atoms with Gasteiger partial charge in [0.1, 0.15) is 0 Å². The zero-order valence-corrected chi connectivity index (χ0v) is 15.8. The highest BCUT2D eigenvalue weighted by Gasteiger charge is 2.34. The average molecular weight is 376 g/mol. The maximum absolute atomic E-state index is 12.9. The van der Waals surface area contributed by atoms with E-state index in [9.17, 15) is 13.2 Å². The lowest BCUT2D eigenvalue weighted by molar-refractivity contribution is -0.120. The summed E-state index contributed by atoms with van der Waals surface area (Å²) in [5.74, 6) is -0.519. The Labute approximate surface area is 154 Å². The van der Waals surface area contributed by atoms with E-state index in [2.05, 4.69) is 10.3 Å². The Bertz CT molecular complexity index is 862. The smallest absolute Gasteiger partial charge is 0.262 e. The molecule has 1 amide bonds. The summed E-state index contributed by atoms with van der Waals surface area (Å²) < 4.78 is 28.9. The van der Waals surface area contributed by atoms with Crippen molar-refractivity contribution < 1.29 is 13.2 Å². The Kier molecular flexibility index (Phi) is 5.43. The summed E-state index contributed by atoms with van der Waals surface area (Å²) in [5, 5.41) is 2.90. The Balaban J connectivity index is 1.71. The molecule has 1 aromatic carbocycles. The molecule has 2 heterocycles. The second kappa shape index (κ2) is 7.59. The number of hydrogen-bond acceptors (Lipinski definition) is 4. The van der Waals surface area contributed by atoms with E-state index in [4.69, 9.17) is 0 Å². The number of anilines is 1. The van der Waals surface area contributed by atoms with Crippen molar-refractivity contribution in [2.75, 3.05) is 18.4 Å². The summed E-state index contributed by atoms with van der Waals surface area (Å²) in [6.45, 7) is 4.51. The first-order chi connectivity index (χ1) is 12.4. The number of aromatic nitrogens is 2. The first kappa shape index (κ1) is 18.6. The standard InChI is InChI=1S/C18H24N4O3S/c1-14(2)21-12-17(19-13-21)26(24,25)22-10-6-7-15(11-22)18(23)20-16-8-4-3-5-9-16/h3-5,8-9,12-15H,6-7,10-11H2,1-2H3,(H,20,23).